The lowest BCUT2D eigenvalue weighted by atomic mass is 9.89. The summed E-state index contributed by atoms with van der Waals surface area (Å²) in [7, 11) is 2.91. The highest BCUT2D eigenvalue weighted by Crippen LogP contribution is 2.29. The number of nitrogens with one attached hydrogen (secondary N) is 1. The number of carbonyl (C=O) groups is 4. The molecule has 56 heavy (non-hydrogen) atoms. The summed E-state index contributed by atoms with van der Waals surface area (Å²) in [6, 6.07) is 12.9. The molecule has 0 aromatic heterocycles. The number of methoxy groups -OCH3 is 2. The van der Waals surface area contributed by atoms with Crippen molar-refractivity contribution in [2.75, 3.05) is 99.9 Å². The Hall–Kier alpha value is -4.44. The van der Waals surface area contributed by atoms with Crippen molar-refractivity contribution in [2.24, 2.45) is 0 Å². The molecule has 0 radical (unpaired) electrons. The van der Waals surface area contributed by atoms with Crippen molar-refractivity contribution < 1.29 is 57.1 Å². The standard InChI is InChI=1S/C41H61N3O12/c1-7-55-36-27-35(49-5)14-13-34(36)29-44(40(48)56-41(2,3)4)30-37(45)43-17-9-12-33(28-43)31-10-8-11-32(26-31)39(47)42-16-19-52-21-23-54-25-24-53-22-20-51-18-15-38(46)50-6/h8,10-11,13-14,26-27,33H,7,9,12,15-25,28-30H2,1-6H3,(H,42,47). The van der Waals surface area contributed by atoms with Gasteiger partial charge in [0.1, 0.15) is 23.6 Å². The summed E-state index contributed by atoms with van der Waals surface area (Å²) in [5.74, 6) is 0.521. The van der Waals surface area contributed by atoms with Gasteiger partial charge in [-0.3, -0.25) is 19.3 Å². The highest BCUT2D eigenvalue weighted by molar-refractivity contribution is 5.94. The number of nitrogens with zero attached hydrogens (tertiary/aromatic N) is 2. The van der Waals surface area contributed by atoms with Crippen LogP contribution in [0.4, 0.5) is 4.79 Å². The van der Waals surface area contributed by atoms with Gasteiger partial charge in [-0.05, 0) is 70.4 Å². The van der Waals surface area contributed by atoms with Crippen molar-refractivity contribution in [3.63, 3.8) is 0 Å². The number of rotatable bonds is 24. The molecule has 0 bridgehead atoms. The summed E-state index contributed by atoms with van der Waals surface area (Å²) < 4.78 is 43.2. The number of hydrogen-bond acceptors (Lipinski definition) is 12. The van der Waals surface area contributed by atoms with Crippen LogP contribution in [0.1, 0.15) is 74.4 Å². The van der Waals surface area contributed by atoms with Gasteiger partial charge in [0.05, 0.1) is 86.6 Å². The number of amides is 3. The van der Waals surface area contributed by atoms with Gasteiger partial charge in [0.2, 0.25) is 5.91 Å². The van der Waals surface area contributed by atoms with Gasteiger partial charge in [0.25, 0.3) is 5.91 Å². The predicted octanol–water partition coefficient (Wildman–Crippen LogP) is 4.60. The number of carbonyl (C=O) groups excluding carboxylic acids is 4. The molecule has 1 aliphatic rings. The van der Waals surface area contributed by atoms with Crippen molar-refractivity contribution in [3.05, 3.63) is 59.2 Å². The Morgan fingerprint density at radius 2 is 1.55 bits per heavy atom. The van der Waals surface area contributed by atoms with E-state index in [1.54, 1.807) is 51.0 Å². The largest absolute Gasteiger partial charge is 0.497 e. The molecule has 1 N–H and O–H groups in total. The van der Waals surface area contributed by atoms with Gasteiger partial charge >= 0.3 is 12.1 Å². The third-order valence-electron chi connectivity index (χ3n) is 8.63. The SMILES string of the molecule is CCOc1cc(OC)ccc1CN(CC(=O)N1CCCC(c2cccc(C(=O)NCCOCCOCCOCCOCCC(=O)OC)c2)C1)C(=O)OC(C)(C)C. The first kappa shape index (κ1) is 45.9. The van der Waals surface area contributed by atoms with E-state index < -0.39 is 11.7 Å². The Labute approximate surface area is 331 Å². The van der Waals surface area contributed by atoms with Crippen LogP contribution in [0, 0.1) is 0 Å². The summed E-state index contributed by atoms with van der Waals surface area (Å²) in [6.07, 6.45) is 1.27. The summed E-state index contributed by atoms with van der Waals surface area (Å²) >= 11 is 0. The lowest BCUT2D eigenvalue weighted by Crippen LogP contribution is -2.47. The first-order valence-electron chi connectivity index (χ1n) is 19.2. The summed E-state index contributed by atoms with van der Waals surface area (Å²) in [5, 5.41) is 2.90. The molecule has 3 rings (SSSR count). The first-order valence-corrected chi connectivity index (χ1v) is 19.2. The minimum atomic E-state index is -0.749. The topological polar surface area (TPSA) is 161 Å². The molecule has 1 fully saturated rings. The maximum absolute atomic E-state index is 13.8. The first-order chi connectivity index (χ1) is 26.9. The molecule has 1 heterocycles. The fraction of sp³-hybridized carbons (Fsp3) is 0.610. The fourth-order valence-electron chi connectivity index (χ4n) is 5.83. The summed E-state index contributed by atoms with van der Waals surface area (Å²) in [4.78, 5) is 54.4. The molecule has 1 atom stereocenters. The van der Waals surface area contributed by atoms with Gasteiger partial charge in [-0.1, -0.05) is 12.1 Å². The number of esters is 1. The third-order valence-corrected chi connectivity index (χ3v) is 8.63. The smallest absolute Gasteiger partial charge is 0.411 e. The van der Waals surface area contributed by atoms with E-state index in [0.29, 0.717) is 96.2 Å². The molecule has 0 aliphatic carbocycles. The molecule has 3 amide bonds. The normalized spacial score (nSPS) is 14.2. The Morgan fingerprint density at radius 3 is 2.20 bits per heavy atom. The van der Waals surface area contributed by atoms with E-state index in [-0.39, 0.29) is 43.2 Å². The summed E-state index contributed by atoms with van der Waals surface area (Å²) in [5.41, 5.74) is 1.48. The van der Waals surface area contributed by atoms with Crippen LogP contribution in [0.2, 0.25) is 0 Å². The second-order valence-corrected chi connectivity index (χ2v) is 14.1. The summed E-state index contributed by atoms with van der Waals surface area (Å²) in [6.45, 7) is 12.0. The second kappa shape index (κ2) is 24.9. The molecule has 312 valence electrons. The zero-order chi connectivity index (χ0) is 40.8. The minimum Gasteiger partial charge on any atom is -0.497 e. The minimum absolute atomic E-state index is 0.0293. The third kappa shape index (κ3) is 17.1. The van der Waals surface area contributed by atoms with E-state index >= 15 is 0 Å². The van der Waals surface area contributed by atoms with Crippen molar-refractivity contribution >= 4 is 23.9 Å². The molecule has 15 nitrogen and oxygen atoms in total. The average Bonchev–Trinajstić information content (AvgIpc) is 3.18. The number of piperidine rings is 1. The molecule has 1 saturated heterocycles. The van der Waals surface area contributed by atoms with Crippen molar-refractivity contribution in [3.8, 4) is 11.5 Å². The molecular weight excluding hydrogens is 726 g/mol. The lowest BCUT2D eigenvalue weighted by Gasteiger charge is -2.35. The van der Waals surface area contributed by atoms with Gasteiger partial charge in [0, 0.05) is 42.7 Å². The monoisotopic (exact) mass is 787 g/mol. The van der Waals surface area contributed by atoms with Crippen LogP contribution in [-0.4, -0.2) is 139 Å². The van der Waals surface area contributed by atoms with Crippen LogP contribution < -0.4 is 14.8 Å². The van der Waals surface area contributed by atoms with E-state index in [9.17, 15) is 19.2 Å². The van der Waals surface area contributed by atoms with Crippen molar-refractivity contribution in [2.45, 2.75) is 65.0 Å². The van der Waals surface area contributed by atoms with Gasteiger partial charge in [0.15, 0.2) is 0 Å². The maximum atomic E-state index is 13.8. The fourth-order valence-corrected chi connectivity index (χ4v) is 5.83. The van der Waals surface area contributed by atoms with Crippen LogP contribution in [0.5, 0.6) is 11.5 Å². The van der Waals surface area contributed by atoms with Crippen molar-refractivity contribution in [1.82, 2.24) is 15.1 Å². The second-order valence-electron chi connectivity index (χ2n) is 14.1. The Bertz CT molecular complexity index is 1510. The Balaban J connectivity index is 1.44. The van der Waals surface area contributed by atoms with Crippen LogP contribution in [-0.2, 0) is 44.6 Å². The number of likely N-dealkylation sites (tertiary alicyclic amines) is 1. The molecule has 0 spiro atoms. The van der Waals surface area contributed by atoms with E-state index in [0.717, 1.165) is 24.0 Å². The van der Waals surface area contributed by atoms with E-state index in [2.05, 4.69) is 10.1 Å². The van der Waals surface area contributed by atoms with Gasteiger partial charge in [-0.25, -0.2) is 4.79 Å². The molecule has 2 aromatic rings. The van der Waals surface area contributed by atoms with Gasteiger partial charge in [-0.15, -0.1) is 0 Å². The van der Waals surface area contributed by atoms with Gasteiger partial charge < -0.3 is 48.1 Å². The highest BCUT2D eigenvalue weighted by Gasteiger charge is 2.30. The quantitative estimate of drug-likeness (QED) is 0.117. The van der Waals surface area contributed by atoms with Crippen LogP contribution in [0.25, 0.3) is 0 Å². The number of ether oxygens (including phenoxy) is 8. The Morgan fingerprint density at radius 1 is 0.875 bits per heavy atom. The number of benzene rings is 2. The zero-order valence-electron chi connectivity index (χ0n) is 33.9. The molecule has 15 heteroatoms. The predicted molar refractivity (Wildman–Crippen MR) is 208 cm³/mol. The molecular formula is C41H61N3O12. The van der Waals surface area contributed by atoms with Crippen LogP contribution in [0.15, 0.2) is 42.5 Å². The molecule has 1 unspecified atom stereocenters. The highest BCUT2D eigenvalue weighted by atomic mass is 16.6. The number of hydrogen-bond donors (Lipinski definition) is 1. The maximum Gasteiger partial charge on any atom is 0.411 e. The van der Waals surface area contributed by atoms with Gasteiger partial charge in [-0.2, -0.15) is 0 Å². The molecule has 2 aromatic carbocycles. The van der Waals surface area contributed by atoms with Crippen molar-refractivity contribution in [1.29, 1.82) is 0 Å². The lowest BCUT2D eigenvalue weighted by molar-refractivity contribution is -0.142. The average molecular weight is 788 g/mol. The van der Waals surface area contributed by atoms with E-state index in [1.165, 1.54) is 12.0 Å². The Kier molecular flexibility index (Phi) is 20.5. The molecule has 0 saturated carbocycles. The van der Waals surface area contributed by atoms with E-state index in [1.807, 2.05) is 31.2 Å². The zero-order valence-corrected chi connectivity index (χ0v) is 33.9. The van der Waals surface area contributed by atoms with Crippen LogP contribution >= 0.6 is 0 Å². The van der Waals surface area contributed by atoms with E-state index in [4.69, 9.17) is 33.2 Å². The molecule has 1 aliphatic heterocycles. The van der Waals surface area contributed by atoms with Crippen LogP contribution in [0.3, 0.4) is 0 Å².